The van der Waals surface area contributed by atoms with Gasteiger partial charge in [0.15, 0.2) is 0 Å². The molecule has 3 rings (SSSR count). The summed E-state index contributed by atoms with van der Waals surface area (Å²) in [6, 6.07) is 5.94. The van der Waals surface area contributed by atoms with Gasteiger partial charge in [-0.1, -0.05) is 6.07 Å². The maximum atomic E-state index is 10.6. The van der Waals surface area contributed by atoms with Crippen LogP contribution in [0.1, 0.15) is 36.5 Å². The summed E-state index contributed by atoms with van der Waals surface area (Å²) in [7, 11) is 1.65. The van der Waals surface area contributed by atoms with E-state index in [0.29, 0.717) is 5.92 Å². The maximum Gasteiger partial charge on any atom is 0.119 e. The summed E-state index contributed by atoms with van der Waals surface area (Å²) in [6.07, 6.45) is 3.30. The monoisotopic (exact) mass is 292 g/mol. The molecule has 0 spiro atoms. The number of benzene rings is 1. The number of aryl methyl sites for hydroxylation is 1. The van der Waals surface area contributed by atoms with Crippen LogP contribution in [-0.4, -0.2) is 38.1 Å². The van der Waals surface area contributed by atoms with Crippen molar-refractivity contribution < 1.29 is 19.3 Å². The number of methoxy groups -OCH3 is 1. The second-order valence-corrected chi connectivity index (χ2v) is 5.98. The minimum Gasteiger partial charge on any atom is -0.497 e. The van der Waals surface area contributed by atoms with E-state index in [9.17, 15) is 5.11 Å². The lowest BCUT2D eigenvalue weighted by atomic mass is 9.87. The molecule has 1 aromatic carbocycles. The molecule has 0 bridgehead atoms. The van der Waals surface area contributed by atoms with Crippen molar-refractivity contribution in [2.45, 2.75) is 37.9 Å². The van der Waals surface area contributed by atoms with Gasteiger partial charge in [-0.25, -0.2) is 0 Å². The van der Waals surface area contributed by atoms with E-state index in [1.807, 2.05) is 18.2 Å². The average molecular weight is 292 g/mol. The van der Waals surface area contributed by atoms with E-state index in [0.717, 1.165) is 56.8 Å². The predicted molar refractivity (Wildman–Crippen MR) is 79.6 cm³/mol. The first kappa shape index (κ1) is 14.8. The zero-order valence-electron chi connectivity index (χ0n) is 12.6. The van der Waals surface area contributed by atoms with Crippen molar-refractivity contribution in [3.05, 3.63) is 29.3 Å². The van der Waals surface area contributed by atoms with E-state index < -0.39 is 6.10 Å². The molecule has 0 saturated carbocycles. The molecule has 2 unspecified atom stereocenters. The average Bonchev–Trinajstić information content (AvgIpc) is 2.55. The second kappa shape index (κ2) is 6.77. The molecule has 4 heteroatoms. The molecule has 2 aliphatic rings. The van der Waals surface area contributed by atoms with Gasteiger partial charge in [-0.3, -0.25) is 0 Å². The van der Waals surface area contributed by atoms with Crippen molar-refractivity contribution in [2.24, 2.45) is 5.92 Å². The van der Waals surface area contributed by atoms with Crippen molar-refractivity contribution in [2.75, 3.05) is 26.9 Å². The van der Waals surface area contributed by atoms with Crippen molar-refractivity contribution in [1.82, 2.24) is 0 Å². The Morgan fingerprint density at radius 2 is 2.05 bits per heavy atom. The fourth-order valence-electron chi connectivity index (χ4n) is 3.21. The summed E-state index contributed by atoms with van der Waals surface area (Å²) in [5.74, 6) is 1.36. The van der Waals surface area contributed by atoms with Crippen molar-refractivity contribution in [3.8, 4) is 5.75 Å². The van der Waals surface area contributed by atoms with E-state index >= 15 is 0 Å². The van der Waals surface area contributed by atoms with E-state index in [1.54, 1.807) is 7.11 Å². The van der Waals surface area contributed by atoms with Crippen LogP contribution in [0.3, 0.4) is 0 Å². The minimum absolute atomic E-state index is 0.104. The van der Waals surface area contributed by atoms with Gasteiger partial charge in [0.2, 0.25) is 0 Å². The molecule has 1 fully saturated rings. The lowest BCUT2D eigenvalue weighted by molar-refractivity contribution is -0.0717. The highest BCUT2D eigenvalue weighted by atomic mass is 16.5. The Balaban J connectivity index is 1.62. The first-order valence-corrected chi connectivity index (χ1v) is 7.82. The van der Waals surface area contributed by atoms with E-state index in [-0.39, 0.29) is 6.10 Å². The summed E-state index contributed by atoms with van der Waals surface area (Å²) in [6.45, 7) is 2.40. The Hall–Kier alpha value is -1.10. The molecule has 4 nitrogen and oxygen atoms in total. The van der Waals surface area contributed by atoms with Gasteiger partial charge in [-0.05, 0) is 54.9 Å². The quantitative estimate of drug-likeness (QED) is 0.926. The van der Waals surface area contributed by atoms with Crippen LogP contribution in [0.2, 0.25) is 0 Å². The molecule has 116 valence electrons. The van der Waals surface area contributed by atoms with Gasteiger partial charge in [0.1, 0.15) is 11.9 Å². The molecule has 2 atom stereocenters. The van der Waals surface area contributed by atoms with Gasteiger partial charge < -0.3 is 19.3 Å². The first-order valence-electron chi connectivity index (χ1n) is 7.82. The molecule has 0 amide bonds. The molecule has 21 heavy (non-hydrogen) atoms. The highest BCUT2D eigenvalue weighted by Gasteiger charge is 2.29. The number of rotatable bonds is 4. The molecular weight excluding hydrogens is 268 g/mol. The number of hydrogen-bond donors (Lipinski definition) is 1. The third-order valence-electron chi connectivity index (χ3n) is 4.61. The lowest BCUT2D eigenvalue weighted by Gasteiger charge is -2.32. The molecule has 1 N–H and O–H groups in total. The van der Waals surface area contributed by atoms with Crippen LogP contribution in [-0.2, 0) is 15.9 Å². The van der Waals surface area contributed by atoms with Gasteiger partial charge in [0.05, 0.1) is 19.8 Å². The van der Waals surface area contributed by atoms with Crippen LogP contribution in [0.25, 0.3) is 0 Å². The number of ether oxygens (including phenoxy) is 3. The molecule has 1 heterocycles. The lowest BCUT2D eigenvalue weighted by Crippen LogP contribution is -2.31. The summed E-state index contributed by atoms with van der Waals surface area (Å²) < 4.78 is 16.6. The fraction of sp³-hybridized carbons (Fsp3) is 0.647. The molecule has 1 saturated heterocycles. The Bertz CT molecular complexity index is 468. The zero-order chi connectivity index (χ0) is 14.7. The third-order valence-corrected chi connectivity index (χ3v) is 4.61. The van der Waals surface area contributed by atoms with Gasteiger partial charge in [-0.15, -0.1) is 0 Å². The molecule has 0 aromatic heterocycles. The zero-order valence-corrected chi connectivity index (χ0v) is 12.6. The van der Waals surface area contributed by atoms with Crippen LogP contribution in [0.5, 0.6) is 5.75 Å². The summed E-state index contributed by atoms with van der Waals surface area (Å²) in [4.78, 5) is 0. The molecule has 0 radical (unpaired) electrons. The topological polar surface area (TPSA) is 47.9 Å². The summed E-state index contributed by atoms with van der Waals surface area (Å²) in [5, 5.41) is 10.6. The molecule has 1 aliphatic heterocycles. The molecule has 1 aliphatic carbocycles. The Morgan fingerprint density at radius 3 is 2.81 bits per heavy atom. The standard InChI is InChI=1S/C17H24O4/c1-19-14-4-2-13-3-5-16(17(18)15(13)10-14)21-11-12-6-8-20-9-7-12/h2,4,10,12,16-18H,3,5-9,11H2,1H3. The second-order valence-electron chi connectivity index (χ2n) is 5.98. The number of hydrogen-bond acceptors (Lipinski definition) is 4. The number of fused-ring (bicyclic) bond motifs is 1. The highest BCUT2D eigenvalue weighted by Crippen LogP contribution is 2.34. The fourth-order valence-corrected chi connectivity index (χ4v) is 3.21. The van der Waals surface area contributed by atoms with E-state index in [4.69, 9.17) is 14.2 Å². The first-order chi connectivity index (χ1) is 10.3. The minimum atomic E-state index is -0.552. The number of aliphatic hydroxyl groups excluding tert-OH is 1. The van der Waals surface area contributed by atoms with Crippen LogP contribution in [0, 0.1) is 5.92 Å². The smallest absolute Gasteiger partial charge is 0.119 e. The Kier molecular flexibility index (Phi) is 4.78. The SMILES string of the molecule is COc1ccc2c(c1)C(O)C(OCC1CCOCC1)CC2. The molecular formula is C17H24O4. The Morgan fingerprint density at radius 1 is 1.24 bits per heavy atom. The maximum absolute atomic E-state index is 10.6. The predicted octanol–water partition coefficient (Wildman–Crippen LogP) is 2.49. The van der Waals surface area contributed by atoms with Crippen molar-refractivity contribution in [1.29, 1.82) is 0 Å². The van der Waals surface area contributed by atoms with Crippen LogP contribution < -0.4 is 4.74 Å². The molecule has 1 aromatic rings. The van der Waals surface area contributed by atoms with Crippen LogP contribution >= 0.6 is 0 Å². The van der Waals surface area contributed by atoms with Gasteiger partial charge in [0, 0.05) is 13.2 Å². The van der Waals surface area contributed by atoms with E-state index in [2.05, 4.69) is 0 Å². The van der Waals surface area contributed by atoms with Crippen LogP contribution in [0.4, 0.5) is 0 Å². The van der Waals surface area contributed by atoms with Crippen molar-refractivity contribution in [3.63, 3.8) is 0 Å². The van der Waals surface area contributed by atoms with Crippen LogP contribution in [0.15, 0.2) is 18.2 Å². The highest BCUT2D eigenvalue weighted by molar-refractivity contribution is 5.39. The Labute approximate surface area is 126 Å². The summed E-state index contributed by atoms with van der Waals surface area (Å²) >= 11 is 0. The van der Waals surface area contributed by atoms with Gasteiger partial charge in [-0.2, -0.15) is 0 Å². The number of aliphatic hydroxyl groups is 1. The van der Waals surface area contributed by atoms with E-state index in [1.165, 1.54) is 5.56 Å². The summed E-state index contributed by atoms with van der Waals surface area (Å²) in [5.41, 5.74) is 2.16. The van der Waals surface area contributed by atoms with Gasteiger partial charge in [0.25, 0.3) is 0 Å². The largest absolute Gasteiger partial charge is 0.497 e. The van der Waals surface area contributed by atoms with Gasteiger partial charge >= 0.3 is 0 Å². The van der Waals surface area contributed by atoms with Crippen molar-refractivity contribution >= 4 is 0 Å². The normalized spacial score (nSPS) is 26.4. The third kappa shape index (κ3) is 3.39.